The topological polar surface area (TPSA) is 27.7 Å². The molecule has 0 spiro atoms. The number of nitrogens with zero attached hydrogens (tertiary/aromatic N) is 2. The molecule has 1 N–H and O–H groups in total. The summed E-state index contributed by atoms with van der Waals surface area (Å²) < 4.78 is 5.75. The first-order valence-corrected chi connectivity index (χ1v) is 7.50. The molecular formula is C16H29N3O. The SMILES string of the molecule is CCN(CC)CCNCCOc1cccc(N(C)C)c1. The van der Waals surface area contributed by atoms with Gasteiger partial charge in [-0.2, -0.15) is 0 Å². The van der Waals surface area contributed by atoms with Crippen LogP contribution in [0.25, 0.3) is 0 Å². The van der Waals surface area contributed by atoms with Crippen molar-refractivity contribution in [2.24, 2.45) is 0 Å². The van der Waals surface area contributed by atoms with Gasteiger partial charge >= 0.3 is 0 Å². The number of benzene rings is 1. The van der Waals surface area contributed by atoms with Gasteiger partial charge in [0.2, 0.25) is 0 Å². The first kappa shape index (κ1) is 16.8. The van der Waals surface area contributed by atoms with Crippen LogP contribution < -0.4 is 15.0 Å². The molecule has 0 aromatic heterocycles. The molecule has 0 atom stereocenters. The van der Waals surface area contributed by atoms with Crippen molar-refractivity contribution < 1.29 is 4.74 Å². The minimum Gasteiger partial charge on any atom is -0.492 e. The van der Waals surface area contributed by atoms with Crippen LogP contribution in [0.15, 0.2) is 24.3 Å². The molecule has 0 bridgehead atoms. The van der Waals surface area contributed by atoms with Crippen LogP contribution in [0, 0.1) is 0 Å². The summed E-state index contributed by atoms with van der Waals surface area (Å²) in [7, 11) is 4.07. The molecule has 0 radical (unpaired) electrons. The molecule has 4 heteroatoms. The second kappa shape index (κ2) is 9.61. The van der Waals surface area contributed by atoms with Crippen LogP contribution in [0.3, 0.4) is 0 Å². The molecule has 0 unspecified atom stereocenters. The molecule has 1 aromatic rings. The Morgan fingerprint density at radius 2 is 1.85 bits per heavy atom. The van der Waals surface area contributed by atoms with E-state index in [9.17, 15) is 0 Å². The van der Waals surface area contributed by atoms with Crippen LogP contribution >= 0.6 is 0 Å². The van der Waals surface area contributed by atoms with Gasteiger partial charge in [-0.15, -0.1) is 0 Å². The van der Waals surface area contributed by atoms with Gasteiger partial charge in [-0.25, -0.2) is 0 Å². The Morgan fingerprint density at radius 1 is 1.10 bits per heavy atom. The lowest BCUT2D eigenvalue weighted by Crippen LogP contribution is -2.33. The molecule has 0 saturated heterocycles. The monoisotopic (exact) mass is 279 g/mol. The highest BCUT2D eigenvalue weighted by Crippen LogP contribution is 2.18. The van der Waals surface area contributed by atoms with Crippen LogP contribution in [0.4, 0.5) is 5.69 Å². The van der Waals surface area contributed by atoms with Crippen LogP contribution in [0.1, 0.15) is 13.8 Å². The Labute approximate surface area is 123 Å². The van der Waals surface area contributed by atoms with Crippen molar-refractivity contribution in [3.8, 4) is 5.75 Å². The fourth-order valence-electron chi connectivity index (χ4n) is 1.99. The van der Waals surface area contributed by atoms with Gasteiger partial charge in [-0.05, 0) is 25.2 Å². The molecule has 0 fully saturated rings. The lowest BCUT2D eigenvalue weighted by Gasteiger charge is -2.18. The number of anilines is 1. The number of likely N-dealkylation sites (N-methyl/N-ethyl adjacent to an activating group) is 1. The molecule has 0 amide bonds. The summed E-state index contributed by atoms with van der Waals surface area (Å²) in [4.78, 5) is 4.49. The quantitative estimate of drug-likeness (QED) is 0.664. The smallest absolute Gasteiger partial charge is 0.121 e. The lowest BCUT2D eigenvalue weighted by atomic mass is 10.3. The van der Waals surface area contributed by atoms with E-state index in [1.807, 2.05) is 26.2 Å². The number of nitrogens with one attached hydrogen (secondary N) is 1. The Balaban J connectivity index is 2.16. The fraction of sp³-hybridized carbons (Fsp3) is 0.625. The van der Waals surface area contributed by atoms with E-state index in [-0.39, 0.29) is 0 Å². The summed E-state index contributed by atoms with van der Waals surface area (Å²) >= 11 is 0. The van der Waals surface area contributed by atoms with Crippen molar-refractivity contribution in [1.82, 2.24) is 10.2 Å². The molecule has 114 valence electrons. The second-order valence-corrected chi connectivity index (χ2v) is 5.02. The zero-order valence-electron chi connectivity index (χ0n) is 13.4. The molecule has 0 saturated carbocycles. The van der Waals surface area contributed by atoms with E-state index in [0.717, 1.165) is 44.2 Å². The summed E-state index contributed by atoms with van der Waals surface area (Å²) in [6.07, 6.45) is 0. The zero-order valence-corrected chi connectivity index (χ0v) is 13.4. The minimum absolute atomic E-state index is 0.704. The average molecular weight is 279 g/mol. The normalized spacial score (nSPS) is 10.8. The molecule has 1 rings (SSSR count). The van der Waals surface area contributed by atoms with Gasteiger partial charge in [0.15, 0.2) is 0 Å². The standard InChI is InChI=1S/C16H29N3O/c1-5-19(6-2)12-10-17-11-13-20-16-9-7-8-15(14-16)18(3)4/h7-9,14,17H,5-6,10-13H2,1-4H3. The van der Waals surface area contributed by atoms with Gasteiger partial charge in [0.1, 0.15) is 12.4 Å². The Bertz CT molecular complexity index is 364. The van der Waals surface area contributed by atoms with Gasteiger partial charge in [-0.3, -0.25) is 0 Å². The van der Waals surface area contributed by atoms with E-state index in [1.54, 1.807) is 0 Å². The van der Waals surface area contributed by atoms with Crippen molar-refractivity contribution in [3.05, 3.63) is 24.3 Å². The van der Waals surface area contributed by atoms with Crippen LogP contribution in [0.5, 0.6) is 5.75 Å². The van der Waals surface area contributed by atoms with Gasteiger partial charge in [0.25, 0.3) is 0 Å². The Hall–Kier alpha value is -1.26. The van der Waals surface area contributed by atoms with Gasteiger partial charge in [0, 0.05) is 45.5 Å². The molecule has 0 heterocycles. The highest BCUT2D eigenvalue weighted by Gasteiger charge is 1.99. The molecule has 20 heavy (non-hydrogen) atoms. The first-order chi connectivity index (χ1) is 9.67. The maximum absolute atomic E-state index is 5.75. The number of hydrogen-bond acceptors (Lipinski definition) is 4. The third kappa shape index (κ3) is 6.26. The van der Waals surface area contributed by atoms with E-state index in [0.29, 0.717) is 6.61 Å². The predicted molar refractivity (Wildman–Crippen MR) is 86.9 cm³/mol. The van der Waals surface area contributed by atoms with Crippen LogP contribution in [0.2, 0.25) is 0 Å². The van der Waals surface area contributed by atoms with Crippen molar-refractivity contribution in [1.29, 1.82) is 0 Å². The summed E-state index contributed by atoms with van der Waals surface area (Å²) in [5, 5.41) is 3.42. The zero-order chi connectivity index (χ0) is 14.8. The second-order valence-electron chi connectivity index (χ2n) is 5.02. The van der Waals surface area contributed by atoms with Crippen molar-refractivity contribution in [2.45, 2.75) is 13.8 Å². The summed E-state index contributed by atoms with van der Waals surface area (Å²) in [6, 6.07) is 8.17. The van der Waals surface area contributed by atoms with Crippen molar-refractivity contribution in [2.75, 3.05) is 58.3 Å². The third-order valence-corrected chi connectivity index (χ3v) is 3.38. The maximum Gasteiger partial charge on any atom is 0.121 e. The average Bonchev–Trinajstić information content (AvgIpc) is 2.47. The lowest BCUT2D eigenvalue weighted by molar-refractivity contribution is 0.285. The minimum atomic E-state index is 0.704. The highest BCUT2D eigenvalue weighted by molar-refractivity contribution is 5.49. The van der Waals surface area contributed by atoms with E-state index in [2.05, 4.69) is 41.1 Å². The largest absolute Gasteiger partial charge is 0.492 e. The summed E-state index contributed by atoms with van der Waals surface area (Å²) in [5.41, 5.74) is 1.16. The maximum atomic E-state index is 5.75. The summed E-state index contributed by atoms with van der Waals surface area (Å²) in [5.74, 6) is 0.932. The van der Waals surface area contributed by atoms with Gasteiger partial charge < -0.3 is 19.9 Å². The molecule has 0 aliphatic heterocycles. The van der Waals surface area contributed by atoms with Crippen LogP contribution in [-0.2, 0) is 0 Å². The molecule has 4 nitrogen and oxygen atoms in total. The van der Waals surface area contributed by atoms with Gasteiger partial charge in [-0.1, -0.05) is 19.9 Å². The summed E-state index contributed by atoms with van der Waals surface area (Å²) in [6.45, 7) is 10.3. The number of hydrogen-bond donors (Lipinski definition) is 1. The predicted octanol–water partition coefficient (Wildman–Crippen LogP) is 2.06. The molecule has 1 aromatic carbocycles. The highest BCUT2D eigenvalue weighted by atomic mass is 16.5. The van der Waals surface area contributed by atoms with Crippen molar-refractivity contribution >= 4 is 5.69 Å². The molecule has 0 aliphatic carbocycles. The number of ether oxygens (including phenoxy) is 1. The molecular weight excluding hydrogens is 250 g/mol. The molecule has 0 aliphatic rings. The van der Waals surface area contributed by atoms with Gasteiger partial charge in [0.05, 0.1) is 0 Å². The van der Waals surface area contributed by atoms with E-state index >= 15 is 0 Å². The fourth-order valence-corrected chi connectivity index (χ4v) is 1.99. The van der Waals surface area contributed by atoms with Crippen LogP contribution in [-0.4, -0.2) is 58.3 Å². The third-order valence-electron chi connectivity index (χ3n) is 3.38. The van der Waals surface area contributed by atoms with E-state index in [1.165, 1.54) is 0 Å². The Morgan fingerprint density at radius 3 is 2.50 bits per heavy atom. The number of rotatable bonds is 10. The van der Waals surface area contributed by atoms with E-state index < -0.39 is 0 Å². The Kier molecular flexibility index (Phi) is 8.07. The van der Waals surface area contributed by atoms with E-state index in [4.69, 9.17) is 4.74 Å². The first-order valence-electron chi connectivity index (χ1n) is 7.50. The van der Waals surface area contributed by atoms with Crippen molar-refractivity contribution in [3.63, 3.8) is 0 Å².